The Kier molecular flexibility index (Phi) is 5.85. The number of carbonyl (C=O) groups excluding carboxylic acids is 2. The van der Waals surface area contributed by atoms with E-state index in [1.165, 1.54) is 6.20 Å². The summed E-state index contributed by atoms with van der Waals surface area (Å²) in [5.41, 5.74) is 8.97. The number of ether oxygens (including phenoxy) is 1. The van der Waals surface area contributed by atoms with Crippen molar-refractivity contribution in [2.24, 2.45) is 5.73 Å². The number of primary amides is 1. The lowest BCUT2D eigenvalue weighted by Gasteiger charge is -2.12. The molecule has 0 unspecified atom stereocenters. The second kappa shape index (κ2) is 8.50. The number of carbonyl (C=O) groups is 2. The highest BCUT2D eigenvalue weighted by Crippen LogP contribution is 2.33. The molecule has 9 heteroatoms. The number of rotatable bonds is 8. The Balaban J connectivity index is 2.27. The number of methoxy groups -OCH3 is 1. The van der Waals surface area contributed by atoms with Gasteiger partial charge in [0.15, 0.2) is 6.29 Å². The average Bonchev–Trinajstić information content (AvgIpc) is 3.07. The van der Waals surface area contributed by atoms with Crippen LogP contribution in [0.2, 0.25) is 0 Å². The molecule has 0 fully saturated rings. The van der Waals surface area contributed by atoms with E-state index in [0.29, 0.717) is 59.7 Å². The van der Waals surface area contributed by atoms with Gasteiger partial charge in [0.05, 0.1) is 40.3 Å². The number of nitrogens with zero attached hydrogens (tertiary/aromatic N) is 4. The predicted octanol–water partition coefficient (Wildman–Crippen LogP) is 1.96. The number of hydrogen-bond donors (Lipinski definition) is 2. The van der Waals surface area contributed by atoms with Crippen LogP contribution in [0.5, 0.6) is 0 Å². The molecule has 0 aromatic carbocycles. The maximum atomic E-state index is 12.3. The molecular weight excluding hydrogens is 372 g/mol. The van der Waals surface area contributed by atoms with Gasteiger partial charge in [-0.2, -0.15) is 5.26 Å². The number of aryl methyl sites for hydroxylation is 1. The topological polar surface area (TPSA) is 136 Å². The fourth-order valence-corrected chi connectivity index (χ4v) is 3.24. The van der Waals surface area contributed by atoms with Crippen molar-refractivity contribution in [1.82, 2.24) is 14.5 Å². The van der Waals surface area contributed by atoms with E-state index in [1.807, 2.05) is 11.5 Å². The molecule has 3 aromatic rings. The van der Waals surface area contributed by atoms with Crippen LogP contribution in [-0.2, 0) is 11.3 Å². The number of anilines is 1. The van der Waals surface area contributed by atoms with Gasteiger partial charge < -0.3 is 20.4 Å². The van der Waals surface area contributed by atoms with Crippen molar-refractivity contribution in [2.45, 2.75) is 13.5 Å². The van der Waals surface area contributed by atoms with Crippen LogP contribution in [0.1, 0.15) is 33.3 Å². The average molecular weight is 392 g/mol. The van der Waals surface area contributed by atoms with Crippen LogP contribution < -0.4 is 11.1 Å². The van der Waals surface area contributed by atoms with Crippen molar-refractivity contribution >= 4 is 28.9 Å². The largest absolute Gasteiger partial charge is 0.383 e. The van der Waals surface area contributed by atoms with Crippen LogP contribution in [0, 0.1) is 11.3 Å². The van der Waals surface area contributed by atoms with Crippen molar-refractivity contribution in [2.75, 3.05) is 25.6 Å². The molecule has 0 bridgehead atoms. The molecular formula is C20H20N6O3. The number of nitrogens with two attached hydrogens (primary N) is 1. The fourth-order valence-electron chi connectivity index (χ4n) is 3.24. The molecule has 3 aromatic heterocycles. The van der Waals surface area contributed by atoms with Gasteiger partial charge in [0, 0.05) is 26.4 Å². The molecule has 0 aliphatic rings. The van der Waals surface area contributed by atoms with Crippen molar-refractivity contribution < 1.29 is 14.3 Å². The van der Waals surface area contributed by atoms with Crippen molar-refractivity contribution in [1.29, 1.82) is 5.26 Å². The van der Waals surface area contributed by atoms with Crippen LogP contribution in [0.4, 0.5) is 5.69 Å². The van der Waals surface area contributed by atoms with Crippen molar-refractivity contribution in [3.8, 4) is 17.5 Å². The Hall–Kier alpha value is -3.77. The SMILES string of the molecule is CCn1c(-c2cc(NCCOC)c(C#N)cn2)c(C(N)=O)c2nc(C=O)ccc21. The molecule has 148 valence electrons. The number of pyridine rings is 2. The van der Waals surface area contributed by atoms with Gasteiger partial charge in [-0.15, -0.1) is 0 Å². The van der Waals surface area contributed by atoms with Gasteiger partial charge in [0.1, 0.15) is 17.3 Å². The minimum absolute atomic E-state index is 0.186. The number of hydrogen-bond acceptors (Lipinski definition) is 7. The van der Waals surface area contributed by atoms with Crippen LogP contribution >= 0.6 is 0 Å². The first-order chi connectivity index (χ1) is 14.0. The molecule has 0 atom stereocenters. The number of aromatic nitrogens is 3. The van der Waals surface area contributed by atoms with Gasteiger partial charge in [-0.1, -0.05) is 0 Å². The van der Waals surface area contributed by atoms with E-state index in [4.69, 9.17) is 10.5 Å². The molecule has 3 rings (SSSR count). The van der Waals surface area contributed by atoms with E-state index in [-0.39, 0.29) is 11.3 Å². The lowest BCUT2D eigenvalue weighted by Crippen LogP contribution is -2.14. The predicted molar refractivity (Wildman–Crippen MR) is 108 cm³/mol. The zero-order valence-electron chi connectivity index (χ0n) is 16.1. The lowest BCUT2D eigenvalue weighted by molar-refractivity contribution is 0.100. The first-order valence-corrected chi connectivity index (χ1v) is 8.97. The van der Waals surface area contributed by atoms with Crippen molar-refractivity contribution in [3.05, 3.63) is 41.2 Å². The molecule has 0 aliphatic heterocycles. The molecule has 1 amide bonds. The zero-order valence-corrected chi connectivity index (χ0v) is 16.1. The van der Waals surface area contributed by atoms with Gasteiger partial charge in [0.2, 0.25) is 0 Å². The maximum Gasteiger partial charge on any atom is 0.253 e. The Morgan fingerprint density at radius 1 is 1.45 bits per heavy atom. The van der Waals surface area contributed by atoms with Crippen LogP contribution in [0.15, 0.2) is 24.4 Å². The second-order valence-corrected chi connectivity index (χ2v) is 6.20. The minimum atomic E-state index is -0.673. The summed E-state index contributed by atoms with van der Waals surface area (Å²) in [5.74, 6) is -0.673. The molecule has 3 heterocycles. The van der Waals surface area contributed by atoms with E-state index in [2.05, 4.69) is 21.4 Å². The number of amides is 1. The maximum absolute atomic E-state index is 12.3. The molecule has 0 spiro atoms. The highest BCUT2D eigenvalue weighted by Gasteiger charge is 2.24. The summed E-state index contributed by atoms with van der Waals surface area (Å²) < 4.78 is 6.90. The molecule has 0 saturated carbocycles. The quantitative estimate of drug-likeness (QED) is 0.442. The molecule has 0 saturated heterocycles. The summed E-state index contributed by atoms with van der Waals surface area (Å²) in [4.78, 5) is 32.1. The Bertz CT molecular complexity index is 1130. The molecule has 9 nitrogen and oxygen atoms in total. The summed E-state index contributed by atoms with van der Waals surface area (Å²) in [6.45, 7) is 3.40. The number of nitriles is 1. The van der Waals surface area contributed by atoms with E-state index < -0.39 is 5.91 Å². The summed E-state index contributed by atoms with van der Waals surface area (Å²) in [6.07, 6.45) is 2.06. The van der Waals surface area contributed by atoms with Gasteiger partial charge in [-0.3, -0.25) is 14.6 Å². The van der Waals surface area contributed by atoms with Gasteiger partial charge in [0.25, 0.3) is 5.91 Å². The minimum Gasteiger partial charge on any atom is -0.383 e. The fraction of sp³-hybridized carbons (Fsp3) is 0.250. The van der Waals surface area contributed by atoms with E-state index >= 15 is 0 Å². The molecule has 0 aliphatic carbocycles. The van der Waals surface area contributed by atoms with E-state index in [9.17, 15) is 14.9 Å². The summed E-state index contributed by atoms with van der Waals surface area (Å²) in [5, 5.41) is 12.5. The Morgan fingerprint density at radius 3 is 2.86 bits per heavy atom. The Labute approximate surface area is 167 Å². The third-order valence-electron chi connectivity index (χ3n) is 4.50. The highest BCUT2D eigenvalue weighted by molar-refractivity contribution is 6.11. The normalized spacial score (nSPS) is 10.7. The third kappa shape index (κ3) is 3.66. The zero-order chi connectivity index (χ0) is 21.0. The first-order valence-electron chi connectivity index (χ1n) is 8.97. The number of fused-ring (bicyclic) bond motifs is 1. The standard InChI is InChI=1S/C20H20N6O3/c1-3-26-16-5-4-13(11-27)25-18(16)17(20(22)28)19(26)15-8-14(23-6-7-29-2)12(9-21)10-24-15/h4-5,8,10-11H,3,6-7H2,1-2H3,(H2,22,28)(H,23,24). The van der Waals surface area contributed by atoms with Gasteiger partial charge in [-0.05, 0) is 25.1 Å². The third-order valence-corrected chi connectivity index (χ3v) is 4.50. The first kappa shape index (κ1) is 20.0. The van der Waals surface area contributed by atoms with Gasteiger partial charge in [-0.25, -0.2) is 4.98 Å². The summed E-state index contributed by atoms with van der Waals surface area (Å²) >= 11 is 0. The second-order valence-electron chi connectivity index (χ2n) is 6.20. The monoisotopic (exact) mass is 392 g/mol. The summed E-state index contributed by atoms with van der Waals surface area (Å²) in [6, 6.07) is 7.10. The summed E-state index contributed by atoms with van der Waals surface area (Å²) in [7, 11) is 1.59. The van der Waals surface area contributed by atoms with Gasteiger partial charge >= 0.3 is 0 Å². The molecule has 29 heavy (non-hydrogen) atoms. The lowest BCUT2D eigenvalue weighted by atomic mass is 10.1. The van der Waals surface area contributed by atoms with Crippen LogP contribution in [0.3, 0.4) is 0 Å². The number of aldehydes is 1. The van der Waals surface area contributed by atoms with Crippen LogP contribution in [-0.4, -0.2) is 47.0 Å². The van der Waals surface area contributed by atoms with E-state index in [0.717, 1.165) is 0 Å². The Morgan fingerprint density at radius 2 is 2.24 bits per heavy atom. The smallest absolute Gasteiger partial charge is 0.253 e. The van der Waals surface area contributed by atoms with Crippen molar-refractivity contribution in [3.63, 3.8) is 0 Å². The van der Waals surface area contributed by atoms with Crippen LogP contribution in [0.25, 0.3) is 22.4 Å². The van der Waals surface area contributed by atoms with E-state index in [1.54, 1.807) is 25.3 Å². The molecule has 3 N–H and O–H groups in total. The molecule has 0 radical (unpaired) electrons. The number of nitrogens with one attached hydrogen (secondary N) is 1. The highest BCUT2D eigenvalue weighted by atomic mass is 16.5.